The van der Waals surface area contributed by atoms with Crippen molar-refractivity contribution in [1.29, 1.82) is 0 Å². The Morgan fingerprint density at radius 2 is 2.06 bits per heavy atom. The molecule has 0 aromatic carbocycles. The number of nitrogens with zero attached hydrogens (tertiary/aromatic N) is 2. The Morgan fingerprint density at radius 3 is 2.65 bits per heavy atom. The summed E-state index contributed by atoms with van der Waals surface area (Å²) in [6.07, 6.45) is 3.24. The van der Waals surface area contributed by atoms with Gasteiger partial charge in [0.05, 0.1) is 5.69 Å². The lowest BCUT2D eigenvalue weighted by Crippen LogP contribution is -2.19. The molecule has 3 nitrogen and oxygen atoms in total. The molecule has 0 spiro atoms. The fraction of sp³-hybridized carbons (Fsp3) is 0.786. The maximum Gasteiger partial charge on any atom is 0.0762 e. The van der Waals surface area contributed by atoms with Crippen LogP contribution in [0, 0.1) is 11.3 Å². The van der Waals surface area contributed by atoms with Crippen molar-refractivity contribution in [3.63, 3.8) is 0 Å². The van der Waals surface area contributed by atoms with E-state index in [9.17, 15) is 0 Å². The van der Waals surface area contributed by atoms with Crippen molar-refractivity contribution in [2.45, 2.75) is 54.1 Å². The van der Waals surface area contributed by atoms with Crippen LogP contribution in [0.3, 0.4) is 0 Å². The van der Waals surface area contributed by atoms with Crippen molar-refractivity contribution >= 4 is 0 Å². The lowest BCUT2D eigenvalue weighted by molar-refractivity contribution is 0.340. The zero-order valence-corrected chi connectivity index (χ0v) is 12.0. The summed E-state index contributed by atoms with van der Waals surface area (Å²) < 4.78 is 2.05. The van der Waals surface area contributed by atoms with Gasteiger partial charge in [-0.1, -0.05) is 34.6 Å². The van der Waals surface area contributed by atoms with Gasteiger partial charge >= 0.3 is 0 Å². The summed E-state index contributed by atoms with van der Waals surface area (Å²) in [7, 11) is 0. The molecule has 0 aliphatic rings. The SMILES string of the molecule is CC(C)CNCc1ccn(CCC(C)(C)C)n1. The first kappa shape index (κ1) is 14.2. The average molecular weight is 237 g/mol. The van der Waals surface area contributed by atoms with E-state index in [4.69, 9.17) is 0 Å². The maximum atomic E-state index is 4.56. The van der Waals surface area contributed by atoms with Crippen LogP contribution in [0.25, 0.3) is 0 Å². The monoisotopic (exact) mass is 237 g/mol. The van der Waals surface area contributed by atoms with Crippen LogP contribution < -0.4 is 5.32 Å². The molecular formula is C14H27N3. The minimum atomic E-state index is 0.377. The maximum absolute atomic E-state index is 4.56. The molecule has 0 saturated heterocycles. The summed E-state index contributed by atoms with van der Waals surface area (Å²) in [5.41, 5.74) is 1.52. The van der Waals surface area contributed by atoms with Gasteiger partial charge in [-0.3, -0.25) is 4.68 Å². The molecule has 17 heavy (non-hydrogen) atoms. The van der Waals surface area contributed by atoms with E-state index < -0.39 is 0 Å². The summed E-state index contributed by atoms with van der Waals surface area (Å²) in [6, 6.07) is 2.11. The van der Waals surface area contributed by atoms with Crippen LogP contribution in [0.1, 0.15) is 46.7 Å². The van der Waals surface area contributed by atoms with Gasteiger partial charge in [-0.2, -0.15) is 5.10 Å². The Morgan fingerprint density at radius 1 is 1.35 bits per heavy atom. The lowest BCUT2D eigenvalue weighted by atomic mass is 9.92. The number of aryl methyl sites for hydroxylation is 1. The molecule has 0 fully saturated rings. The van der Waals surface area contributed by atoms with Crippen LogP contribution in [0.4, 0.5) is 0 Å². The Bertz CT molecular complexity index is 320. The third kappa shape index (κ3) is 6.47. The van der Waals surface area contributed by atoms with E-state index in [1.165, 1.54) is 0 Å². The minimum absolute atomic E-state index is 0.377. The van der Waals surface area contributed by atoms with E-state index >= 15 is 0 Å². The van der Waals surface area contributed by atoms with Gasteiger partial charge in [-0.25, -0.2) is 0 Å². The first-order chi connectivity index (χ1) is 7.87. The van der Waals surface area contributed by atoms with Crippen molar-refractivity contribution in [1.82, 2.24) is 15.1 Å². The van der Waals surface area contributed by atoms with Crippen LogP contribution in [0.15, 0.2) is 12.3 Å². The van der Waals surface area contributed by atoms with Gasteiger partial charge < -0.3 is 5.32 Å². The van der Waals surface area contributed by atoms with Gasteiger partial charge in [-0.15, -0.1) is 0 Å². The topological polar surface area (TPSA) is 29.9 Å². The average Bonchev–Trinajstić information content (AvgIpc) is 2.61. The molecule has 98 valence electrons. The van der Waals surface area contributed by atoms with Gasteiger partial charge in [-0.05, 0) is 30.4 Å². The van der Waals surface area contributed by atoms with Gasteiger partial charge in [0.25, 0.3) is 0 Å². The molecule has 0 bridgehead atoms. The smallest absolute Gasteiger partial charge is 0.0762 e. The summed E-state index contributed by atoms with van der Waals surface area (Å²) in [4.78, 5) is 0. The van der Waals surface area contributed by atoms with Crippen LogP contribution >= 0.6 is 0 Å². The highest BCUT2D eigenvalue weighted by Crippen LogP contribution is 2.19. The first-order valence-corrected chi connectivity index (χ1v) is 6.60. The molecule has 1 heterocycles. The number of aromatic nitrogens is 2. The summed E-state index contributed by atoms with van der Waals surface area (Å²) >= 11 is 0. The quantitative estimate of drug-likeness (QED) is 0.824. The third-order valence-corrected chi connectivity index (χ3v) is 2.65. The van der Waals surface area contributed by atoms with E-state index in [-0.39, 0.29) is 0 Å². The number of hydrogen-bond acceptors (Lipinski definition) is 2. The van der Waals surface area contributed by atoms with Gasteiger partial charge in [0.2, 0.25) is 0 Å². The second kappa shape index (κ2) is 6.20. The highest BCUT2D eigenvalue weighted by Gasteiger charge is 2.10. The van der Waals surface area contributed by atoms with E-state index in [1.807, 2.05) is 0 Å². The molecular weight excluding hydrogens is 210 g/mol. The highest BCUT2D eigenvalue weighted by atomic mass is 15.3. The molecule has 0 aliphatic heterocycles. The van der Waals surface area contributed by atoms with Crippen molar-refractivity contribution < 1.29 is 0 Å². The standard InChI is InChI=1S/C14H27N3/c1-12(2)10-15-11-13-6-8-17(16-13)9-7-14(3,4)5/h6,8,12,15H,7,9-11H2,1-5H3. The second-order valence-electron chi connectivity index (χ2n) is 6.41. The fourth-order valence-corrected chi connectivity index (χ4v) is 1.56. The van der Waals surface area contributed by atoms with Crippen LogP contribution in [0.5, 0.6) is 0 Å². The summed E-state index contributed by atoms with van der Waals surface area (Å²) in [6.45, 7) is 14.2. The Balaban J connectivity index is 2.32. The van der Waals surface area contributed by atoms with Crippen molar-refractivity contribution in [2.24, 2.45) is 11.3 Å². The first-order valence-electron chi connectivity index (χ1n) is 6.60. The molecule has 0 radical (unpaired) electrons. The summed E-state index contributed by atoms with van der Waals surface area (Å²) in [5, 5.41) is 7.98. The molecule has 0 saturated carbocycles. The third-order valence-electron chi connectivity index (χ3n) is 2.65. The summed E-state index contributed by atoms with van der Waals surface area (Å²) in [5.74, 6) is 0.693. The molecule has 1 aromatic heterocycles. The second-order valence-corrected chi connectivity index (χ2v) is 6.41. The van der Waals surface area contributed by atoms with Crippen molar-refractivity contribution in [3.05, 3.63) is 18.0 Å². The minimum Gasteiger partial charge on any atom is -0.311 e. The zero-order chi connectivity index (χ0) is 12.9. The van der Waals surface area contributed by atoms with Crippen LogP contribution in [-0.4, -0.2) is 16.3 Å². The van der Waals surface area contributed by atoms with E-state index in [0.717, 1.165) is 31.7 Å². The molecule has 0 atom stereocenters. The molecule has 0 amide bonds. The van der Waals surface area contributed by atoms with Crippen LogP contribution in [-0.2, 0) is 13.1 Å². The molecule has 3 heteroatoms. The van der Waals surface area contributed by atoms with E-state index in [1.54, 1.807) is 0 Å². The number of nitrogens with one attached hydrogen (secondary N) is 1. The highest BCUT2D eigenvalue weighted by molar-refractivity contribution is 4.98. The lowest BCUT2D eigenvalue weighted by Gasteiger charge is -2.17. The Kier molecular flexibility index (Phi) is 5.19. The number of rotatable bonds is 6. The predicted octanol–water partition coefficient (Wildman–Crippen LogP) is 3.06. The van der Waals surface area contributed by atoms with Gasteiger partial charge in [0.1, 0.15) is 0 Å². The molecule has 0 unspecified atom stereocenters. The van der Waals surface area contributed by atoms with Gasteiger partial charge in [0.15, 0.2) is 0 Å². The zero-order valence-electron chi connectivity index (χ0n) is 12.0. The molecule has 0 aliphatic carbocycles. The Labute approximate surface area is 106 Å². The fourth-order valence-electron chi connectivity index (χ4n) is 1.56. The molecule has 1 aromatic rings. The van der Waals surface area contributed by atoms with E-state index in [0.29, 0.717) is 11.3 Å². The normalized spacial score (nSPS) is 12.4. The molecule has 1 N–H and O–H groups in total. The van der Waals surface area contributed by atoms with Crippen molar-refractivity contribution in [2.75, 3.05) is 6.54 Å². The molecule has 1 rings (SSSR count). The predicted molar refractivity (Wildman–Crippen MR) is 72.8 cm³/mol. The van der Waals surface area contributed by atoms with E-state index in [2.05, 4.69) is 62.0 Å². The van der Waals surface area contributed by atoms with Crippen LogP contribution in [0.2, 0.25) is 0 Å². The van der Waals surface area contributed by atoms with Gasteiger partial charge in [0, 0.05) is 19.3 Å². The van der Waals surface area contributed by atoms with Crippen molar-refractivity contribution in [3.8, 4) is 0 Å². The Hall–Kier alpha value is -0.830. The number of hydrogen-bond donors (Lipinski definition) is 1. The largest absolute Gasteiger partial charge is 0.311 e.